The maximum atomic E-state index is 13.4. The predicted molar refractivity (Wildman–Crippen MR) is 112 cm³/mol. The van der Waals surface area contributed by atoms with Crippen LogP contribution < -0.4 is 26.6 Å². The number of nitrogen functional groups attached to an aromatic ring is 1. The van der Waals surface area contributed by atoms with Crippen LogP contribution in [0.4, 0.5) is 11.5 Å². The van der Waals surface area contributed by atoms with E-state index in [0.29, 0.717) is 18.9 Å². The van der Waals surface area contributed by atoms with Gasteiger partial charge in [0.2, 0.25) is 0 Å². The standard InChI is InChI=1S/C20H28N4O5/c1-5-29-15-9-7-6-8-14(15)19(26)23(10-11-28-4)16-17(21)24(12-13(2)3)20(27)22-18(16)25/h6-9,13H,5,10-12,21H2,1-4H3,(H,22,25,27). The van der Waals surface area contributed by atoms with Crippen LogP contribution in [0.2, 0.25) is 0 Å². The molecule has 2 rings (SSSR count). The summed E-state index contributed by atoms with van der Waals surface area (Å²) in [6, 6.07) is 6.75. The van der Waals surface area contributed by atoms with Gasteiger partial charge in [0.25, 0.3) is 11.5 Å². The first kappa shape index (κ1) is 22.2. The van der Waals surface area contributed by atoms with Crippen molar-refractivity contribution in [2.75, 3.05) is 37.5 Å². The van der Waals surface area contributed by atoms with Crippen molar-refractivity contribution in [1.82, 2.24) is 9.55 Å². The van der Waals surface area contributed by atoms with Gasteiger partial charge in [-0.3, -0.25) is 24.0 Å². The molecule has 1 heterocycles. The highest BCUT2D eigenvalue weighted by Crippen LogP contribution is 2.24. The third kappa shape index (κ3) is 5.05. The molecule has 0 fully saturated rings. The number of carbonyl (C=O) groups is 1. The Labute approximate surface area is 169 Å². The number of nitrogens with zero attached hydrogens (tertiary/aromatic N) is 2. The fraction of sp³-hybridized carbons (Fsp3) is 0.450. The highest BCUT2D eigenvalue weighted by molar-refractivity contribution is 6.08. The minimum Gasteiger partial charge on any atom is -0.493 e. The molecule has 0 unspecified atom stereocenters. The van der Waals surface area contributed by atoms with Crippen molar-refractivity contribution in [3.8, 4) is 5.75 Å². The Hall–Kier alpha value is -3.07. The molecular weight excluding hydrogens is 376 g/mol. The maximum absolute atomic E-state index is 13.4. The number of aromatic nitrogens is 2. The number of methoxy groups -OCH3 is 1. The maximum Gasteiger partial charge on any atom is 0.330 e. The van der Waals surface area contributed by atoms with Crippen molar-refractivity contribution in [3.05, 3.63) is 50.7 Å². The second-order valence-corrected chi connectivity index (χ2v) is 6.88. The number of anilines is 2. The third-order valence-electron chi connectivity index (χ3n) is 4.21. The second-order valence-electron chi connectivity index (χ2n) is 6.88. The van der Waals surface area contributed by atoms with Gasteiger partial charge in [-0.25, -0.2) is 4.79 Å². The first-order valence-electron chi connectivity index (χ1n) is 9.47. The van der Waals surface area contributed by atoms with Crippen molar-refractivity contribution in [2.24, 2.45) is 5.92 Å². The quantitative estimate of drug-likeness (QED) is 0.653. The molecule has 9 nitrogen and oxygen atoms in total. The van der Waals surface area contributed by atoms with Gasteiger partial charge >= 0.3 is 5.69 Å². The van der Waals surface area contributed by atoms with E-state index >= 15 is 0 Å². The van der Waals surface area contributed by atoms with E-state index in [1.165, 1.54) is 16.6 Å². The van der Waals surface area contributed by atoms with Crippen LogP contribution in [0, 0.1) is 5.92 Å². The first-order valence-corrected chi connectivity index (χ1v) is 9.47. The summed E-state index contributed by atoms with van der Waals surface area (Å²) < 4.78 is 11.9. The highest BCUT2D eigenvalue weighted by Gasteiger charge is 2.27. The molecule has 0 bridgehead atoms. The Kier molecular flexibility index (Phi) is 7.60. The number of ether oxygens (including phenoxy) is 2. The monoisotopic (exact) mass is 404 g/mol. The molecule has 1 amide bonds. The van der Waals surface area contributed by atoms with E-state index in [9.17, 15) is 14.4 Å². The van der Waals surface area contributed by atoms with Crippen molar-refractivity contribution in [1.29, 1.82) is 0 Å². The van der Waals surface area contributed by atoms with Gasteiger partial charge in [0, 0.05) is 20.2 Å². The summed E-state index contributed by atoms with van der Waals surface area (Å²) >= 11 is 0. The predicted octanol–water partition coefficient (Wildman–Crippen LogP) is 1.47. The largest absolute Gasteiger partial charge is 0.493 e. The Bertz CT molecular complexity index is 964. The zero-order valence-electron chi connectivity index (χ0n) is 17.2. The molecule has 3 N–H and O–H groups in total. The zero-order valence-corrected chi connectivity index (χ0v) is 17.2. The average molecular weight is 404 g/mol. The number of benzene rings is 1. The number of carbonyl (C=O) groups excluding carboxylic acids is 1. The number of nitrogens with two attached hydrogens (primary N) is 1. The van der Waals surface area contributed by atoms with Crippen molar-refractivity contribution in [3.63, 3.8) is 0 Å². The van der Waals surface area contributed by atoms with Gasteiger partial charge in [0.15, 0.2) is 5.69 Å². The normalized spacial score (nSPS) is 10.9. The summed E-state index contributed by atoms with van der Waals surface area (Å²) in [4.78, 5) is 41.7. The van der Waals surface area contributed by atoms with Crippen LogP contribution in [0.1, 0.15) is 31.1 Å². The van der Waals surface area contributed by atoms with Gasteiger partial charge in [0.1, 0.15) is 11.6 Å². The summed E-state index contributed by atoms with van der Waals surface area (Å²) in [5.74, 6) is -0.0349. The van der Waals surface area contributed by atoms with E-state index < -0.39 is 17.2 Å². The smallest absolute Gasteiger partial charge is 0.330 e. The van der Waals surface area contributed by atoms with Gasteiger partial charge in [-0.2, -0.15) is 0 Å². The van der Waals surface area contributed by atoms with Crippen LogP contribution in [0.5, 0.6) is 5.75 Å². The topological polar surface area (TPSA) is 120 Å². The minimum absolute atomic E-state index is 0.0641. The van der Waals surface area contributed by atoms with Crippen LogP contribution in [0.15, 0.2) is 33.9 Å². The van der Waals surface area contributed by atoms with Gasteiger partial charge in [0.05, 0.1) is 18.8 Å². The molecule has 0 radical (unpaired) electrons. The number of amides is 1. The third-order valence-corrected chi connectivity index (χ3v) is 4.21. The van der Waals surface area contributed by atoms with Gasteiger partial charge < -0.3 is 15.2 Å². The number of aromatic amines is 1. The van der Waals surface area contributed by atoms with Gasteiger partial charge in [-0.15, -0.1) is 0 Å². The molecule has 29 heavy (non-hydrogen) atoms. The minimum atomic E-state index is -0.731. The summed E-state index contributed by atoms with van der Waals surface area (Å²) in [5.41, 5.74) is 5.05. The Morgan fingerprint density at radius 1 is 1.28 bits per heavy atom. The molecule has 0 spiro atoms. The first-order chi connectivity index (χ1) is 13.8. The molecule has 158 valence electrons. The van der Waals surface area contributed by atoms with Gasteiger partial charge in [-0.05, 0) is 25.0 Å². The van der Waals surface area contributed by atoms with Crippen LogP contribution in [0.3, 0.4) is 0 Å². The number of nitrogens with one attached hydrogen (secondary N) is 1. The summed E-state index contributed by atoms with van der Waals surface area (Å²) in [6.07, 6.45) is 0. The molecular formula is C20H28N4O5. The van der Waals surface area contributed by atoms with E-state index in [1.54, 1.807) is 24.3 Å². The number of H-pyrrole nitrogens is 1. The van der Waals surface area contributed by atoms with Crippen LogP contribution in [0.25, 0.3) is 0 Å². The van der Waals surface area contributed by atoms with E-state index in [4.69, 9.17) is 15.2 Å². The molecule has 0 saturated carbocycles. The zero-order chi connectivity index (χ0) is 21.6. The lowest BCUT2D eigenvalue weighted by Crippen LogP contribution is -2.43. The van der Waals surface area contributed by atoms with Crippen LogP contribution >= 0.6 is 0 Å². The van der Waals surface area contributed by atoms with Crippen molar-refractivity contribution >= 4 is 17.4 Å². The van der Waals surface area contributed by atoms with E-state index in [2.05, 4.69) is 4.98 Å². The van der Waals surface area contributed by atoms with E-state index in [-0.39, 0.29) is 36.1 Å². The summed E-state index contributed by atoms with van der Waals surface area (Å²) in [6.45, 7) is 6.58. The Morgan fingerprint density at radius 2 is 1.97 bits per heavy atom. The van der Waals surface area contributed by atoms with Gasteiger partial charge in [-0.1, -0.05) is 26.0 Å². The number of hydrogen-bond acceptors (Lipinski definition) is 6. The fourth-order valence-corrected chi connectivity index (χ4v) is 2.95. The molecule has 0 aliphatic carbocycles. The lowest BCUT2D eigenvalue weighted by atomic mass is 10.1. The SMILES string of the molecule is CCOc1ccccc1C(=O)N(CCOC)c1c(N)n(CC(C)C)c(=O)[nH]c1=O. The highest BCUT2D eigenvalue weighted by atomic mass is 16.5. The molecule has 2 aromatic rings. The van der Waals surface area contributed by atoms with E-state index in [1.807, 2.05) is 20.8 Å². The number of hydrogen-bond donors (Lipinski definition) is 2. The molecule has 9 heteroatoms. The summed E-state index contributed by atoms with van der Waals surface area (Å²) in [7, 11) is 1.49. The molecule has 0 saturated heterocycles. The van der Waals surface area contributed by atoms with Crippen LogP contribution in [-0.4, -0.2) is 42.3 Å². The number of rotatable bonds is 9. The lowest BCUT2D eigenvalue weighted by Gasteiger charge is -2.25. The lowest BCUT2D eigenvalue weighted by molar-refractivity contribution is 0.0972. The fourth-order valence-electron chi connectivity index (χ4n) is 2.95. The molecule has 0 aliphatic rings. The molecule has 0 aliphatic heterocycles. The summed E-state index contributed by atoms with van der Waals surface area (Å²) in [5, 5.41) is 0. The number of para-hydroxylation sites is 1. The average Bonchev–Trinajstić information content (AvgIpc) is 2.67. The molecule has 1 aromatic carbocycles. The molecule has 1 aromatic heterocycles. The van der Waals surface area contributed by atoms with E-state index in [0.717, 1.165) is 0 Å². The van der Waals surface area contributed by atoms with Crippen molar-refractivity contribution in [2.45, 2.75) is 27.3 Å². The van der Waals surface area contributed by atoms with Crippen molar-refractivity contribution < 1.29 is 14.3 Å². The Morgan fingerprint density at radius 3 is 2.59 bits per heavy atom. The Balaban J connectivity index is 2.63. The van der Waals surface area contributed by atoms with Crippen LogP contribution in [-0.2, 0) is 11.3 Å². The molecule has 0 atom stereocenters. The second kappa shape index (κ2) is 9.92.